The normalized spacial score (nSPS) is 20.4. The molecule has 1 aromatic rings. The fourth-order valence-electron chi connectivity index (χ4n) is 4.01. The smallest absolute Gasteiger partial charge is 0.227 e. The third-order valence-corrected chi connectivity index (χ3v) is 5.97. The van der Waals surface area contributed by atoms with Crippen molar-refractivity contribution in [3.63, 3.8) is 0 Å². The van der Waals surface area contributed by atoms with E-state index in [9.17, 15) is 9.59 Å². The summed E-state index contributed by atoms with van der Waals surface area (Å²) in [6.45, 7) is 6.58. The third kappa shape index (κ3) is 5.64. The molecule has 30 heavy (non-hydrogen) atoms. The average molecular weight is 419 g/mol. The van der Waals surface area contributed by atoms with Crippen LogP contribution < -0.4 is 19.7 Å². The van der Waals surface area contributed by atoms with Gasteiger partial charge in [-0.25, -0.2) is 0 Å². The summed E-state index contributed by atoms with van der Waals surface area (Å²) < 4.78 is 10.7. The van der Waals surface area contributed by atoms with E-state index in [1.807, 2.05) is 0 Å². The number of rotatable bonds is 9. The fraction of sp³-hybridized carbons (Fsp3) is 0.636. The van der Waals surface area contributed by atoms with Crippen molar-refractivity contribution in [3.8, 4) is 11.5 Å². The second-order valence-electron chi connectivity index (χ2n) is 8.09. The number of likely N-dealkylation sites (N-methyl/N-ethyl adjacent to an activating group) is 1. The first-order chi connectivity index (χ1) is 14.5. The lowest BCUT2D eigenvalue weighted by molar-refractivity contribution is -0.126. The molecule has 0 saturated carbocycles. The van der Waals surface area contributed by atoms with E-state index in [2.05, 4.69) is 22.2 Å². The highest BCUT2D eigenvalue weighted by atomic mass is 16.5. The molecule has 0 aromatic heterocycles. The Hall–Kier alpha value is -2.32. The van der Waals surface area contributed by atoms with Crippen LogP contribution in [0.1, 0.15) is 19.3 Å². The van der Waals surface area contributed by atoms with E-state index in [-0.39, 0.29) is 24.2 Å². The molecule has 0 aliphatic carbocycles. The topological polar surface area (TPSA) is 74.4 Å². The molecule has 2 amide bonds. The predicted molar refractivity (Wildman–Crippen MR) is 116 cm³/mol. The number of carbonyl (C=O) groups excluding carboxylic acids is 2. The number of piperazine rings is 1. The number of benzene rings is 1. The van der Waals surface area contributed by atoms with E-state index in [1.165, 1.54) is 0 Å². The third-order valence-electron chi connectivity index (χ3n) is 5.97. The first kappa shape index (κ1) is 22.4. The van der Waals surface area contributed by atoms with Gasteiger partial charge in [-0.1, -0.05) is 0 Å². The van der Waals surface area contributed by atoms with E-state index in [0.29, 0.717) is 30.3 Å². The molecule has 1 atom stereocenters. The molecule has 2 aliphatic rings. The Balaban J connectivity index is 1.44. The number of hydrogen-bond donors (Lipinski definition) is 1. The van der Waals surface area contributed by atoms with Gasteiger partial charge in [0.1, 0.15) is 11.5 Å². The molecule has 1 unspecified atom stereocenters. The number of unbranched alkanes of at least 4 members (excludes halogenated alkanes) is 1. The zero-order chi connectivity index (χ0) is 21.5. The predicted octanol–water partition coefficient (Wildman–Crippen LogP) is 1.20. The van der Waals surface area contributed by atoms with Crippen LogP contribution in [0, 0.1) is 5.92 Å². The number of anilines is 1. The van der Waals surface area contributed by atoms with Crippen molar-refractivity contribution in [2.24, 2.45) is 5.92 Å². The van der Waals surface area contributed by atoms with Crippen LogP contribution in [0.15, 0.2) is 18.2 Å². The minimum Gasteiger partial charge on any atom is -0.497 e. The number of methoxy groups -OCH3 is 2. The van der Waals surface area contributed by atoms with Crippen LogP contribution in [0.25, 0.3) is 0 Å². The maximum Gasteiger partial charge on any atom is 0.227 e. The molecule has 8 nitrogen and oxygen atoms in total. The van der Waals surface area contributed by atoms with Crippen molar-refractivity contribution in [1.29, 1.82) is 0 Å². The SMILES string of the molecule is COc1ccc(OC)c(N2CC(C(=O)NCCCCN3CCN(C)CC3)CC2=O)c1. The standard InChI is InChI=1S/C22H34N4O4/c1-24-10-12-25(13-11-24)9-5-4-8-23-22(28)17-14-21(27)26(16-17)19-15-18(29-2)6-7-20(19)30-3/h6-7,15,17H,4-5,8-14,16H2,1-3H3,(H,23,28). The van der Waals surface area contributed by atoms with Crippen LogP contribution in [-0.2, 0) is 9.59 Å². The number of hydrogen-bond acceptors (Lipinski definition) is 6. The number of nitrogens with zero attached hydrogens (tertiary/aromatic N) is 3. The summed E-state index contributed by atoms with van der Waals surface area (Å²) in [5.74, 6) is 0.774. The molecule has 3 rings (SSSR count). The summed E-state index contributed by atoms with van der Waals surface area (Å²) in [5, 5.41) is 3.01. The molecular formula is C22H34N4O4. The molecule has 1 aromatic carbocycles. The van der Waals surface area contributed by atoms with E-state index < -0.39 is 0 Å². The Morgan fingerprint density at radius 1 is 1.13 bits per heavy atom. The van der Waals surface area contributed by atoms with Crippen LogP contribution in [0.2, 0.25) is 0 Å². The average Bonchev–Trinajstić information content (AvgIpc) is 3.15. The Labute approximate surface area is 179 Å². The molecule has 1 N–H and O–H groups in total. The molecule has 0 radical (unpaired) electrons. The van der Waals surface area contributed by atoms with Gasteiger partial charge in [-0.05, 0) is 38.6 Å². The van der Waals surface area contributed by atoms with Crippen LogP contribution in [0.3, 0.4) is 0 Å². The molecule has 166 valence electrons. The molecule has 0 bridgehead atoms. The van der Waals surface area contributed by atoms with E-state index >= 15 is 0 Å². The number of nitrogens with one attached hydrogen (secondary N) is 1. The molecule has 8 heteroatoms. The minimum atomic E-state index is -0.342. The van der Waals surface area contributed by atoms with Gasteiger partial charge in [0.15, 0.2) is 0 Å². The number of amides is 2. The van der Waals surface area contributed by atoms with Crippen LogP contribution in [0.4, 0.5) is 5.69 Å². The fourth-order valence-corrected chi connectivity index (χ4v) is 4.01. The summed E-state index contributed by atoms with van der Waals surface area (Å²) in [6, 6.07) is 5.33. The van der Waals surface area contributed by atoms with Gasteiger partial charge in [-0.2, -0.15) is 0 Å². The van der Waals surface area contributed by atoms with Crippen LogP contribution in [-0.4, -0.2) is 88.7 Å². The summed E-state index contributed by atoms with van der Waals surface area (Å²) in [5.41, 5.74) is 0.643. The van der Waals surface area contributed by atoms with Gasteiger partial charge in [-0.15, -0.1) is 0 Å². The Kier molecular flexibility index (Phi) is 7.93. The zero-order valence-electron chi connectivity index (χ0n) is 18.4. The second kappa shape index (κ2) is 10.6. The van der Waals surface area contributed by atoms with Crippen molar-refractivity contribution in [1.82, 2.24) is 15.1 Å². The highest BCUT2D eigenvalue weighted by Crippen LogP contribution is 2.36. The molecule has 0 spiro atoms. The first-order valence-corrected chi connectivity index (χ1v) is 10.7. The lowest BCUT2D eigenvalue weighted by atomic mass is 10.1. The van der Waals surface area contributed by atoms with Crippen molar-refractivity contribution < 1.29 is 19.1 Å². The largest absolute Gasteiger partial charge is 0.497 e. The first-order valence-electron chi connectivity index (χ1n) is 10.7. The van der Waals surface area contributed by atoms with E-state index in [4.69, 9.17) is 9.47 Å². The highest BCUT2D eigenvalue weighted by Gasteiger charge is 2.36. The van der Waals surface area contributed by atoms with Crippen molar-refractivity contribution in [3.05, 3.63) is 18.2 Å². The lowest BCUT2D eigenvalue weighted by Gasteiger charge is -2.32. The van der Waals surface area contributed by atoms with E-state index in [1.54, 1.807) is 37.3 Å². The van der Waals surface area contributed by atoms with Gasteiger partial charge in [-0.3, -0.25) is 9.59 Å². The molecular weight excluding hydrogens is 384 g/mol. The molecule has 2 aliphatic heterocycles. The molecule has 2 heterocycles. The maximum atomic E-state index is 12.6. The van der Waals surface area contributed by atoms with Gasteiger partial charge in [0, 0.05) is 51.8 Å². The monoisotopic (exact) mass is 418 g/mol. The quantitative estimate of drug-likeness (QED) is 0.608. The van der Waals surface area contributed by atoms with Crippen molar-refractivity contribution >= 4 is 17.5 Å². The number of ether oxygens (including phenoxy) is 2. The summed E-state index contributed by atoms with van der Waals surface area (Å²) in [7, 11) is 5.31. The molecule has 2 fully saturated rings. The van der Waals surface area contributed by atoms with Crippen LogP contribution >= 0.6 is 0 Å². The zero-order valence-corrected chi connectivity index (χ0v) is 18.4. The summed E-state index contributed by atoms with van der Waals surface area (Å²) >= 11 is 0. The lowest BCUT2D eigenvalue weighted by Crippen LogP contribution is -2.44. The Morgan fingerprint density at radius 2 is 1.90 bits per heavy atom. The van der Waals surface area contributed by atoms with Crippen molar-refractivity contribution in [2.75, 3.05) is 72.0 Å². The maximum absolute atomic E-state index is 12.6. The summed E-state index contributed by atoms with van der Waals surface area (Å²) in [6.07, 6.45) is 2.24. The van der Waals surface area contributed by atoms with Gasteiger partial charge in [0.05, 0.1) is 25.8 Å². The van der Waals surface area contributed by atoms with Crippen LogP contribution in [0.5, 0.6) is 11.5 Å². The highest BCUT2D eigenvalue weighted by molar-refractivity contribution is 6.01. The van der Waals surface area contributed by atoms with E-state index in [0.717, 1.165) is 45.6 Å². The van der Waals surface area contributed by atoms with Gasteiger partial charge in [0.2, 0.25) is 11.8 Å². The van der Waals surface area contributed by atoms with Gasteiger partial charge < -0.3 is 29.5 Å². The Morgan fingerprint density at radius 3 is 2.60 bits per heavy atom. The van der Waals surface area contributed by atoms with Gasteiger partial charge >= 0.3 is 0 Å². The van der Waals surface area contributed by atoms with Gasteiger partial charge in [0.25, 0.3) is 0 Å². The van der Waals surface area contributed by atoms with Crippen molar-refractivity contribution in [2.45, 2.75) is 19.3 Å². The Bertz CT molecular complexity index is 734. The number of carbonyl (C=O) groups is 2. The minimum absolute atomic E-state index is 0.0488. The second-order valence-corrected chi connectivity index (χ2v) is 8.09. The molecule has 2 saturated heterocycles. The summed E-state index contributed by atoms with van der Waals surface area (Å²) in [4.78, 5) is 31.6.